The normalized spacial score (nSPS) is 19.0. The van der Waals surface area contributed by atoms with Gasteiger partial charge < -0.3 is 14.7 Å². The van der Waals surface area contributed by atoms with Crippen LogP contribution in [0.4, 0.5) is 5.82 Å². The second-order valence-electron chi connectivity index (χ2n) is 7.52. The highest BCUT2D eigenvalue weighted by molar-refractivity contribution is 5.51. The molecule has 1 unspecified atom stereocenters. The van der Waals surface area contributed by atoms with E-state index in [1.165, 1.54) is 5.56 Å². The number of hydrogen-bond donors (Lipinski definition) is 0. The van der Waals surface area contributed by atoms with E-state index in [0.717, 1.165) is 74.2 Å². The molecule has 0 aromatic carbocycles. The van der Waals surface area contributed by atoms with Crippen molar-refractivity contribution in [2.45, 2.75) is 45.7 Å². The van der Waals surface area contributed by atoms with Gasteiger partial charge in [-0.1, -0.05) is 26.7 Å². The van der Waals surface area contributed by atoms with Crippen molar-refractivity contribution in [2.24, 2.45) is 0 Å². The number of nitriles is 1. The summed E-state index contributed by atoms with van der Waals surface area (Å²) in [5.41, 5.74) is 4.31. The van der Waals surface area contributed by atoms with Crippen LogP contribution in [0.25, 0.3) is 0 Å². The van der Waals surface area contributed by atoms with Gasteiger partial charge in [-0.15, -0.1) is 0 Å². The number of hydrogen-bond acceptors (Lipinski definition) is 6. The van der Waals surface area contributed by atoms with Gasteiger partial charge >= 0.3 is 0 Å². The zero-order chi connectivity index (χ0) is 20.3. The van der Waals surface area contributed by atoms with Gasteiger partial charge in [-0.3, -0.25) is 0 Å². The minimum Gasteiger partial charge on any atom is -0.370 e. The molecule has 3 rings (SSSR count). The lowest BCUT2D eigenvalue weighted by atomic mass is 10.0. The van der Waals surface area contributed by atoms with Gasteiger partial charge in [0.05, 0.1) is 30.8 Å². The van der Waals surface area contributed by atoms with Crippen molar-refractivity contribution < 1.29 is 0 Å². The third-order valence-electron chi connectivity index (χ3n) is 5.67. The number of fused-ring (bicyclic) bond motifs is 1. The molecule has 0 spiro atoms. The molecule has 0 saturated carbocycles. The molecule has 2 aliphatic rings. The summed E-state index contributed by atoms with van der Waals surface area (Å²) in [6.45, 7) is 20.4. The summed E-state index contributed by atoms with van der Waals surface area (Å²) in [5, 5.41) is 9.21. The second kappa shape index (κ2) is 8.47. The molecule has 148 valence electrons. The quantitative estimate of drug-likeness (QED) is 0.709. The lowest BCUT2D eigenvalue weighted by Gasteiger charge is -2.42. The number of anilines is 1. The molecule has 0 radical (unpaired) electrons. The van der Waals surface area contributed by atoms with Gasteiger partial charge in [-0.2, -0.15) is 5.26 Å². The molecule has 6 heteroatoms. The fourth-order valence-corrected chi connectivity index (χ4v) is 3.97. The number of nitrogens with zero attached hydrogens (tertiary/aromatic N) is 6. The first-order valence-electron chi connectivity index (χ1n) is 9.97. The Balaban J connectivity index is 1.91. The van der Waals surface area contributed by atoms with Crippen LogP contribution in [0.15, 0.2) is 37.2 Å². The van der Waals surface area contributed by atoms with Crippen LogP contribution in [0.5, 0.6) is 0 Å². The van der Waals surface area contributed by atoms with Crippen LogP contribution in [0, 0.1) is 11.3 Å². The van der Waals surface area contributed by atoms with E-state index in [4.69, 9.17) is 9.97 Å². The molecule has 1 atom stereocenters. The second-order valence-corrected chi connectivity index (χ2v) is 7.52. The Labute approximate surface area is 168 Å². The molecule has 1 saturated heterocycles. The molecule has 2 aliphatic heterocycles. The lowest BCUT2D eigenvalue weighted by Crippen LogP contribution is -2.51. The molecule has 0 amide bonds. The maximum atomic E-state index is 9.21. The molecule has 6 nitrogen and oxygen atoms in total. The Bertz CT molecular complexity index is 821. The number of piperazine rings is 1. The molecule has 3 heterocycles. The van der Waals surface area contributed by atoms with Gasteiger partial charge in [0.2, 0.25) is 0 Å². The fraction of sp³-hybridized carbons (Fsp3) is 0.500. The average Bonchev–Trinajstić information content (AvgIpc) is 2.71. The zero-order valence-electron chi connectivity index (χ0n) is 17.1. The summed E-state index contributed by atoms with van der Waals surface area (Å²) in [5.74, 6) is 1.92. The number of aromatic nitrogens is 2. The van der Waals surface area contributed by atoms with Crippen molar-refractivity contribution in [1.82, 2.24) is 19.8 Å². The van der Waals surface area contributed by atoms with Crippen molar-refractivity contribution in [2.75, 3.05) is 31.1 Å². The van der Waals surface area contributed by atoms with Gasteiger partial charge in [-0.25, -0.2) is 9.97 Å². The average molecular weight is 379 g/mol. The van der Waals surface area contributed by atoms with E-state index in [9.17, 15) is 5.26 Å². The van der Waals surface area contributed by atoms with Crippen molar-refractivity contribution in [3.05, 3.63) is 54.3 Å². The molecule has 1 aromatic rings. The van der Waals surface area contributed by atoms with E-state index in [-0.39, 0.29) is 6.04 Å². The smallest absolute Gasteiger partial charge is 0.136 e. The molecule has 1 fully saturated rings. The van der Waals surface area contributed by atoms with Crippen LogP contribution in [0.3, 0.4) is 0 Å². The SMILES string of the molecule is C=CN1CCN(c2nc(CC)nc3c2CCN(C(=C)C(=C)C)C3)CC1CC#N. The molecule has 0 bridgehead atoms. The van der Waals surface area contributed by atoms with Crippen molar-refractivity contribution in [3.63, 3.8) is 0 Å². The Morgan fingerprint density at radius 2 is 2.07 bits per heavy atom. The number of aryl methyl sites for hydroxylation is 1. The Hall–Kier alpha value is -2.81. The van der Waals surface area contributed by atoms with Crippen molar-refractivity contribution in [1.29, 1.82) is 5.26 Å². The largest absolute Gasteiger partial charge is 0.370 e. The summed E-state index contributed by atoms with van der Waals surface area (Å²) >= 11 is 0. The molecule has 28 heavy (non-hydrogen) atoms. The summed E-state index contributed by atoms with van der Waals surface area (Å²) in [6, 6.07) is 2.46. The summed E-state index contributed by atoms with van der Waals surface area (Å²) in [4.78, 5) is 16.5. The highest BCUT2D eigenvalue weighted by atomic mass is 15.3. The summed E-state index contributed by atoms with van der Waals surface area (Å²) < 4.78 is 0. The first-order valence-corrected chi connectivity index (χ1v) is 9.97. The highest BCUT2D eigenvalue weighted by Crippen LogP contribution is 2.30. The number of allylic oxidation sites excluding steroid dienone is 1. The van der Waals surface area contributed by atoms with E-state index in [2.05, 4.69) is 47.4 Å². The standard InChI is InChI=1S/C22H30N6/c1-6-21-24-20-15-27(17(5)16(3)4)11-9-19(20)22(25-21)28-13-12-26(7-2)18(14-28)8-10-23/h7,18H,2-3,5-6,8-9,11-15H2,1,4H3. The molecule has 1 aromatic heterocycles. The van der Waals surface area contributed by atoms with Crippen LogP contribution >= 0.6 is 0 Å². The summed E-state index contributed by atoms with van der Waals surface area (Å²) in [7, 11) is 0. The minimum atomic E-state index is 0.148. The first-order chi connectivity index (χ1) is 13.5. The molecule has 0 N–H and O–H groups in total. The van der Waals surface area contributed by atoms with Crippen LogP contribution in [0.1, 0.15) is 37.4 Å². The van der Waals surface area contributed by atoms with E-state index >= 15 is 0 Å². The maximum absolute atomic E-state index is 9.21. The monoisotopic (exact) mass is 378 g/mol. The lowest BCUT2D eigenvalue weighted by molar-refractivity contribution is 0.251. The van der Waals surface area contributed by atoms with Gasteiger partial charge in [-0.05, 0) is 25.1 Å². The minimum absolute atomic E-state index is 0.148. The predicted octanol–water partition coefficient (Wildman–Crippen LogP) is 3.03. The van der Waals surface area contributed by atoms with Crippen molar-refractivity contribution >= 4 is 5.82 Å². The number of rotatable bonds is 6. The van der Waals surface area contributed by atoms with E-state index in [1.54, 1.807) is 0 Å². The Morgan fingerprint density at radius 3 is 2.71 bits per heavy atom. The first kappa shape index (κ1) is 19.9. The zero-order valence-corrected chi connectivity index (χ0v) is 17.1. The predicted molar refractivity (Wildman–Crippen MR) is 113 cm³/mol. The Morgan fingerprint density at radius 1 is 1.29 bits per heavy atom. The van der Waals surface area contributed by atoms with Crippen LogP contribution in [-0.4, -0.2) is 52.0 Å². The topological polar surface area (TPSA) is 59.3 Å². The van der Waals surface area contributed by atoms with Gasteiger partial charge in [0.25, 0.3) is 0 Å². The molecular formula is C22H30N6. The highest BCUT2D eigenvalue weighted by Gasteiger charge is 2.30. The van der Waals surface area contributed by atoms with E-state index in [0.29, 0.717) is 6.42 Å². The van der Waals surface area contributed by atoms with Gasteiger partial charge in [0.1, 0.15) is 11.6 Å². The summed E-state index contributed by atoms with van der Waals surface area (Å²) in [6.07, 6.45) is 4.04. The van der Waals surface area contributed by atoms with E-state index in [1.807, 2.05) is 13.1 Å². The molecule has 0 aliphatic carbocycles. The fourth-order valence-electron chi connectivity index (χ4n) is 3.97. The van der Waals surface area contributed by atoms with Crippen molar-refractivity contribution in [3.8, 4) is 6.07 Å². The Kier molecular flexibility index (Phi) is 6.03. The van der Waals surface area contributed by atoms with E-state index < -0.39 is 0 Å². The third kappa shape index (κ3) is 3.89. The molecular weight excluding hydrogens is 348 g/mol. The van der Waals surface area contributed by atoms with Crippen LogP contribution in [-0.2, 0) is 19.4 Å². The van der Waals surface area contributed by atoms with Crippen LogP contribution < -0.4 is 4.90 Å². The maximum Gasteiger partial charge on any atom is 0.136 e. The van der Waals surface area contributed by atoms with Gasteiger partial charge in [0, 0.05) is 43.9 Å². The van der Waals surface area contributed by atoms with Crippen LogP contribution in [0.2, 0.25) is 0 Å². The third-order valence-corrected chi connectivity index (χ3v) is 5.67. The van der Waals surface area contributed by atoms with Gasteiger partial charge in [0.15, 0.2) is 0 Å².